The van der Waals surface area contributed by atoms with E-state index in [1.807, 2.05) is 21.6 Å². The van der Waals surface area contributed by atoms with Gasteiger partial charge in [-0.1, -0.05) is 6.92 Å². The minimum Gasteiger partial charge on any atom is -0.378 e. The minimum atomic E-state index is 0.253. The number of nitrogens with zero attached hydrogens (tertiary/aromatic N) is 6. The van der Waals surface area contributed by atoms with E-state index in [9.17, 15) is 0 Å². The zero-order chi connectivity index (χ0) is 21.4. The Morgan fingerprint density at radius 3 is 2.42 bits per heavy atom. The van der Waals surface area contributed by atoms with Gasteiger partial charge in [-0.3, -0.25) is 0 Å². The Kier molecular flexibility index (Phi) is 5.19. The van der Waals surface area contributed by atoms with Crippen LogP contribution in [0.4, 0.5) is 5.69 Å². The zero-order valence-corrected chi connectivity index (χ0v) is 18.3. The lowest BCUT2D eigenvalue weighted by atomic mass is 10.2. The van der Waals surface area contributed by atoms with Crippen molar-refractivity contribution in [2.75, 3.05) is 31.2 Å². The Bertz CT molecular complexity index is 1180. The number of fused-ring (bicyclic) bond motifs is 1. The molecule has 0 saturated carbocycles. The van der Waals surface area contributed by atoms with E-state index in [0.717, 1.165) is 66.5 Å². The molecular formula is C24H28N6O. The summed E-state index contributed by atoms with van der Waals surface area (Å²) in [5, 5.41) is 10.5. The average molecular weight is 417 g/mol. The number of aromatic nitrogens is 5. The number of benzene rings is 1. The molecule has 0 aliphatic carbocycles. The molecular weight excluding hydrogens is 388 g/mol. The Hall–Kier alpha value is -3.19. The summed E-state index contributed by atoms with van der Waals surface area (Å²) in [4.78, 5) is 7.35. The van der Waals surface area contributed by atoms with Gasteiger partial charge in [0.05, 0.1) is 42.2 Å². The summed E-state index contributed by atoms with van der Waals surface area (Å²) in [5.41, 5.74) is 6.12. The molecule has 0 spiro atoms. The van der Waals surface area contributed by atoms with Crippen LogP contribution in [0.25, 0.3) is 28.1 Å². The summed E-state index contributed by atoms with van der Waals surface area (Å²) >= 11 is 0. The SMILES string of the molecule is CCc1nn(C(C)C)c2nc(-c3ccnn3-c3ccc(N4CCOCC4)cc3)ccc12. The number of anilines is 1. The van der Waals surface area contributed by atoms with Gasteiger partial charge in [0.15, 0.2) is 5.65 Å². The third-order valence-electron chi connectivity index (χ3n) is 5.83. The van der Waals surface area contributed by atoms with Crippen LogP contribution in [0.15, 0.2) is 48.7 Å². The smallest absolute Gasteiger partial charge is 0.159 e. The molecule has 7 nitrogen and oxygen atoms in total. The van der Waals surface area contributed by atoms with Gasteiger partial charge >= 0.3 is 0 Å². The van der Waals surface area contributed by atoms with Gasteiger partial charge in [-0.2, -0.15) is 10.2 Å². The summed E-state index contributed by atoms with van der Waals surface area (Å²) in [7, 11) is 0. The molecule has 0 atom stereocenters. The summed E-state index contributed by atoms with van der Waals surface area (Å²) in [6.45, 7) is 9.84. The summed E-state index contributed by atoms with van der Waals surface area (Å²) in [6.07, 6.45) is 2.72. The average Bonchev–Trinajstić information content (AvgIpc) is 3.44. The van der Waals surface area contributed by atoms with Crippen molar-refractivity contribution in [3.8, 4) is 17.1 Å². The highest BCUT2D eigenvalue weighted by Crippen LogP contribution is 2.27. The molecule has 4 aromatic rings. The van der Waals surface area contributed by atoms with E-state index in [1.54, 1.807) is 0 Å². The number of pyridine rings is 1. The predicted molar refractivity (Wildman–Crippen MR) is 123 cm³/mol. The highest BCUT2D eigenvalue weighted by atomic mass is 16.5. The van der Waals surface area contributed by atoms with Crippen LogP contribution in [0.5, 0.6) is 0 Å². The molecule has 7 heteroatoms. The molecule has 4 heterocycles. The number of morpholine rings is 1. The molecule has 1 aliphatic heterocycles. The van der Waals surface area contributed by atoms with Crippen LogP contribution in [-0.2, 0) is 11.2 Å². The highest BCUT2D eigenvalue weighted by molar-refractivity contribution is 5.81. The number of hydrogen-bond donors (Lipinski definition) is 0. The van der Waals surface area contributed by atoms with Crippen LogP contribution >= 0.6 is 0 Å². The molecule has 1 saturated heterocycles. The van der Waals surface area contributed by atoms with Crippen molar-refractivity contribution in [3.63, 3.8) is 0 Å². The van der Waals surface area contributed by atoms with Crippen LogP contribution in [0, 0.1) is 0 Å². The van der Waals surface area contributed by atoms with E-state index >= 15 is 0 Å². The molecule has 1 aromatic carbocycles. The Labute approximate surface area is 182 Å². The fraction of sp³-hybridized carbons (Fsp3) is 0.375. The maximum absolute atomic E-state index is 5.46. The maximum Gasteiger partial charge on any atom is 0.159 e. The normalized spacial score (nSPS) is 14.6. The lowest BCUT2D eigenvalue weighted by Crippen LogP contribution is -2.36. The quantitative estimate of drug-likeness (QED) is 0.486. The first-order valence-electron chi connectivity index (χ1n) is 11.0. The van der Waals surface area contributed by atoms with Crippen LogP contribution < -0.4 is 4.90 Å². The largest absolute Gasteiger partial charge is 0.378 e. The van der Waals surface area contributed by atoms with Gasteiger partial charge in [0.1, 0.15) is 0 Å². The van der Waals surface area contributed by atoms with Crippen molar-refractivity contribution in [2.24, 2.45) is 0 Å². The number of hydrogen-bond acceptors (Lipinski definition) is 5. The predicted octanol–water partition coefficient (Wildman–Crippen LogP) is 4.26. The van der Waals surface area contributed by atoms with Crippen LogP contribution in [0.3, 0.4) is 0 Å². The van der Waals surface area contributed by atoms with Crippen molar-refractivity contribution < 1.29 is 4.74 Å². The number of aryl methyl sites for hydroxylation is 1. The van der Waals surface area contributed by atoms with Gasteiger partial charge < -0.3 is 9.64 Å². The van der Waals surface area contributed by atoms with E-state index in [-0.39, 0.29) is 6.04 Å². The third-order valence-corrected chi connectivity index (χ3v) is 5.83. The Morgan fingerprint density at radius 2 is 1.71 bits per heavy atom. The van der Waals surface area contributed by atoms with E-state index in [4.69, 9.17) is 14.8 Å². The molecule has 3 aromatic heterocycles. The fourth-order valence-corrected chi connectivity index (χ4v) is 4.17. The van der Waals surface area contributed by atoms with Crippen LogP contribution in [0.1, 0.15) is 32.5 Å². The first kappa shape index (κ1) is 19.8. The first-order valence-corrected chi connectivity index (χ1v) is 11.0. The van der Waals surface area contributed by atoms with Crippen molar-refractivity contribution >= 4 is 16.7 Å². The molecule has 0 amide bonds. The summed E-state index contributed by atoms with van der Waals surface area (Å²) in [5.74, 6) is 0. The zero-order valence-electron chi connectivity index (χ0n) is 18.3. The molecule has 0 radical (unpaired) electrons. The lowest BCUT2D eigenvalue weighted by molar-refractivity contribution is 0.122. The van der Waals surface area contributed by atoms with Gasteiger partial charge in [0, 0.05) is 30.2 Å². The molecule has 160 valence electrons. The lowest BCUT2D eigenvalue weighted by Gasteiger charge is -2.28. The molecule has 1 fully saturated rings. The summed E-state index contributed by atoms with van der Waals surface area (Å²) < 4.78 is 9.44. The fourth-order valence-electron chi connectivity index (χ4n) is 4.17. The second kappa shape index (κ2) is 8.15. The molecule has 5 rings (SSSR count). The van der Waals surface area contributed by atoms with Gasteiger partial charge in [0.2, 0.25) is 0 Å². The second-order valence-corrected chi connectivity index (χ2v) is 8.15. The van der Waals surface area contributed by atoms with Crippen molar-refractivity contribution in [1.29, 1.82) is 0 Å². The second-order valence-electron chi connectivity index (χ2n) is 8.15. The Balaban J connectivity index is 1.51. The van der Waals surface area contributed by atoms with Gasteiger partial charge in [-0.25, -0.2) is 14.3 Å². The van der Waals surface area contributed by atoms with E-state index in [1.165, 1.54) is 5.69 Å². The van der Waals surface area contributed by atoms with E-state index < -0.39 is 0 Å². The molecule has 1 aliphatic rings. The molecule has 0 unspecified atom stereocenters. The van der Waals surface area contributed by atoms with Gasteiger partial charge in [-0.15, -0.1) is 0 Å². The van der Waals surface area contributed by atoms with Crippen LogP contribution in [0.2, 0.25) is 0 Å². The molecule has 0 bridgehead atoms. The van der Waals surface area contributed by atoms with Crippen molar-refractivity contribution in [1.82, 2.24) is 24.5 Å². The molecule has 31 heavy (non-hydrogen) atoms. The van der Waals surface area contributed by atoms with Gasteiger partial charge in [0.25, 0.3) is 0 Å². The monoisotopic (exact) mass is 416 g/mol. The number of rotatable bonds is 5. The van der Waals surface area contributed by atoms with Crippen molar-refractivity contribution in [2.45, 2.75) is 33.2 Å². The third kappa shape index (κ3) is 3.59. The van der Waals surface area contributed by atoms with Gasteiger partial charge in [-0.05, 0) is 62.7 Å². The van der Waals surface area contributed by atoms with E-state index in [2.05, 4.69) is 67.2 Å². The minimum absolute atomic E-state index is 0.253. The number of ether oxygens (including phenoxy) is 1. The highest BCUT2D eigenvalue weighted by Gasteiger charge is 2.17. The maximum atomic E-state index is 5.46. The summed E-state index contributed by atoms with van der Waals surface area (Å²) in [6, 6.07) is 15.0. The molecule has 0 N–H and O–H groups in total. The van der Waals surface area contributed by atoms with E-state index in [0.29, 0.717) is 0 Å². The Morgan fingerprint density at radius 1 is 0.968 bits per heavy atom. The standard InChI is InChI=1S/C24H28N6O/c1-4-21-20-9-10-22(26-24(20)29(27-21)17(2)3)23-11-12-25-30(23)19-7-5-18(6-8-19)28-13-15-31-16-14-28/h5-12,17H,4,13-16H2,1-3H3. The first-order chi connectivity index (χ1) is 15.2. The van der Waals surface area contributed by atoms with Crippen LogP contribution in [-0.4, -0.2) is 50.8 Å². The van der Waals surface area contributed by atoms with Crippen molar-refractivity contribution in [3.05, 3.63) is 54.4 Å². The topological polar surface area (TPSA) is 61.0 Å².